The van der Waals surface area contributed by atoms with Gasteiger partial charge < -0.3 is 10.2 Å². The Bertz CT molecular complexity index is 1210. The summed E-state index contributed by atoms with van der Waals surface area (Å²) in [5.41, 5.74) is 2.37. The molecular weight excluding hydrogens is 489 g/mol. The average molecular weight is 517 g/mol. The number of nitrogens with one attached hydrogen (secondary N) is 1. The molecule has 6 nitrogen and oxygen atoms in total. The number of likely N-dealkylation sites (tertiary alicyclic amines) is 1. The summed E-state index contributed by atoms with van der Waals surface area (Å²) in [7, 11) is 0. The Morgan fingerprint density at radius 1 is 1.06 bits per heavy atom. The Balaban J connectivity index is 1.27. The third kappa shape index (κ3) is 6.10. The van der Waals surface area contributed by atoms with Crippen molar-refractivity contribution in [3.05, 3.63) is 77.1 Å². The molecule has 0 saturated carbocycles. The van der Waals surface area contributed by atoms with Gasteiger partial charge in [-0.3, -0.25) is 14.3 Å². The molecule has 4 rings (SSSR count). The van der Waals surface area contributed by atoms with Gasteiger partial charge in [0.15, 0.2) is 0 Å². The summed E-state index contributed by atoms with van der Waals surface area (Å²) < 4.78 is 40.1. The maximum atomic E-state index is 12.8. The number of hydrogen-bond acceptors (Lipinski definition) is 4. The number of aromatic nitrogens is 2. The van der Waals surface area contributed by atoms with E-state index in [4.69, 9.17) is 0 Å². The van der Waals surface area contributed by atoms with Crippen molar-refractivity contribution < 1.29 is 22.8 Å². The zero-order valence-electron chi connectivity index (χ0n) is 20.0. The zero-order chi connectivity index (χ0) is 25.9. The van der Waals surface area contributed by atoms with E-state index in [1.54, 1.807) is 22.0 Å². The molecule has 0 spiro atoms. The van der Waals surface area contributed by atoms with Crippen LogP contribution in [0.3, 0.4) is 0 Å². The van der Waals surface area contributed by atoms with Crippen LogP contribution in [0.4, 0.5) is 18.9 Å². The quantitative estimate of drug-likeness (QED) is 0.425. The van der Waals surface area contributed by atoms with Crippen molar-refractivity contribution in [1.29, 1.82) is 0 Å². The molecule has 3 aromatic rings. The Morgan fingerprint density at radius 3 is 2.31 bits per heavy atom. The standard InChI is InChI=1S/C26H27F3N4O2S/c1-17-4-3-5-18(2)24(17)36-16-23(34)31-21-14-30-33(15-21)22-10-12-32(13-11-22)25(35)19-6-8-20(9-7-19)26(27,28)29/h3-9,14-15,22H,10-13,16H2,1-2H3,(H,31,34). The van der Waals surface area contributed by atoms with E-state index in [-0.39, 0.29) is 23.4 Å². The molecule has 0 aliphatic carbocycles. The number of hydrogen-bond donors (Lipinski definition) is 1. The first-order chi connectivity index (χ1) is 17.1. The number of rotatable bonds is 6. The highest BCUT2D eigenvalue weighted by atomic mass is 32.2. The topological polar surface area (TPSA) is 67.2 Å². The molecular formula is C26H27F3N4O2S. The highest BCUT2D eigenvalue weighted by molar-refractivity contribution is 8.00. The van der Waals surface area contributed by atoms with E-state index in [1.807, 2.05) is 32.0 Å². The number of carbonyl (C=O) groups excluding carboxylic acids is 2. The van der Waals surface area contributed by atoms with Crippen LogP contribution in [0, 0.1) is 13.8 Å². The van der Waals surface area contributed by atoms with Crippen molar-refractivity contribution in [2.75, 3.05) is 24.2 Å². The summed E-state index contributed by atoms with van der Waals surface area (Å²) in [5.74, 6) is -0.0995. The molecule has 2 heterocycles. The van der Waals surface area contributed by atoms with Crippen molar-refractivity contribution >= 4 is 29.3 Å². The van der Waals surface area contributed by atoms with Gasteiger partial charge in [-0.05, 0) is 62.1 Å². The second-order valence-corrected chi connectivity index (χ2v) is 9.85. The number of amides is 2. The molecule has 1 N–H and O–H groups in total. The first kappa shape index (κ1) is 25.8. The molecule has 0 unspecified atom stereocenters. The summed E-state index contributed by atoms with van der Waals surface area (Å²) in [6, 6.07) is 10.4. The smallest absolute Gasteiger partial charge is 0.338 e. The van der Waals surface area contributed by atoms with Gasteiger partial charge in [0.25, 0.3) is 5.91 Å². The molecule has 190 valence electrons. The fourth-order valence-electron chi connectivity index (χ4n) is 4.28. The lowest BCUT2D eigenvalue weighted by Gasteiger charge is -2.32. The Kier molecular flexibility index (Phi) is 7.73. The number of carbonyl (C=O) groups is 2. The van der Waals surface area contributed by atoms with Crippen LogP contribution >= 0.6 is 11.8 Å². The Morgan fingerprint density at radius 2 is 1.69 bits per heavy atom. The fraction of sp³-hybridized carbons (Fsp3) is 0.346. The van der Waals surface area contributed by atoms with E-state index in [1.165, 1.54) is 23.9 Å². The van der Waals surface area contributed by atoms with Gasteiger partial charge in [0.1, 0.15) is 0 Å². The van der Waals surface area contributed by atoms with Gasteiger partial charge in [0.05, 0.1) is 29.2 Å². The van der Waals surface area contributed by atoms with Crippen LogP contribution in [0.2, 0.25) is 0 Å². The minimum atomic E-state index is -4.43. The summed E-state index contributed by atoms with van der Waals surface area (Å²) >= 11 is 1.51. The van der Waals surface area contributed by atoms with E-state index in [9.17, 15) is 22.8 Å². The van der Waals surface area contributed by atoms with Gasteiger partial charge in [-0.2, -0.15) is 18.3 Å². The molecule has 1 aliphatic heterocycles. The monoisotopic (exact) mass is 516 g/mol. The summed E-state index contributed by atoms with van der Waals surface area (Å²) in [5, 5.41) is 7.27. The molecule has 0 radical (unpaired) electrons. The van der Waals surface area contributed by atoms with Crippen LogP contribution < -0.4 is 5.32 Å². The van der Waals surface area contributed by atoms with Crippen LogP contribution in [0.1, 0.15) is 45.9 Å². The van der Waals surface area contributed by atoms with Crippen molar-refractivity contribution in [2.45, 2.75) is 43.8 Å². The third-order valence-corrected chi connectivity index (χ3v) is 7.57. The Hall–Kier alpha value is -3.27. The van der Waals surface area contributed by atoms with Crippen LogP contribution in [0.25, 0.3) is 0 Å². The van der Waals surface area contributed by atoms with Crippen LogP contribution in [-0.2, 0) is 11.0 Å². The zero-order valence-corrected chi connectivity index (χ0v) is 20.8. The lowest BCUT2D eigenvalue weighted by atomic mass is 10.0. The SMILES string of the molecule is Cc1cccc(C)c1SCC(=O)Nc1cnn(C2CCN(C(=O)c3ccc(C(F)(F)F)cc3)CC2)c1. The predicted molar refractivity (Wildman–Crippen MR) is 133 cm³/mol. The summed E-state index contributed by atoms with van der Waals surface area (Å²) in [4.78, 5) is 27.9. The van der Waals surface area contributed by atoms with E-state index in [0.717, 1.165) is 28.2 Å². The maximum Gasteiger partial charge on any atom is 0.416 e. The van der Waals surface area contributed by atoms with Gasteiger partial charge in [-0.25, -0.2) is 0 Å². The number of nitrogens with zero attached hydrogens (tertiary/aromatic N) is 3. The highest BCUT2D eigenvalue weighted by Crippen LogP contribution is 2.30. The number of piperidine rings is 1. The van der Waals surface area contributed by atoms with E-state index < -0.39 is 11.7 Å². The molecule has 1 saturated heterocycles. The number of aryl methyl sites for hydroxylation is 2. The van der Waals surface area contributed by atoms with Crippen molar-refractivity contribution in [1.82, 2.24) is 14.7 Å². The van der Waals surface area contributed by atoms with Gasteiger partial charge >= 0.3 is 6.18 Å². The maximum absolute atomic E-state index is 12.8. The normalized spacial score (nSPS) is 14.6. The second kappa shape index (κ2) is 10.8. The second-order valence-electron chi connectivity index (χ2n) is 8.87. The number of alkyl halides is 3. The lowest BCUT2D eigenvalue weighted by molar-refractivity contribution is -0.137. The minimum absolute atomic E-state index is 0.0660. The van der Waals surface area contributed by atoms with Crippen LogP contribution in [0.5, 0.6) is 0 Å². The third-order valence-electron chi connectivity index (χ3n) is 6.23. The fourth-order valence-corrected chi connectivity index (χ4v) is 5.22. The Labute approximate surface area is 211 Å². The molecule has 1 fully saturated rings. The molecule has 2 amide bonds. The molecule has 0 atom stereocenters. The molecule has 10 heteroatoms. The largest absolute Gasteiger partial charge is 0.416 e. The molecule has 1 aliphatic rings. The number of thioether (sulfide) groups is 1. The highest BCUT2D eigenvalue weighted by Gasteiger charge is 2.31. The first-order valence-electron chi connectivity index (χ1n) is 11.6. The number of benzene rings is 2. The van der Waals surface area contributed by atoms with Crippen molar-refractivity contribution in [3.63, 3.8) is 0 Å². The first-order valence-corrected chi connectivity index (χ1v) is 12.6. The summed E-state index contributed by atoms with van der Waals surface area (Å²) in [6.45, 7) is 5.00. The molecule has 0 bridgehead atoms. The molecule has 1 aromatic heterocycles. The molecule has 36 heavy (non-hydrogen) atoms. The van der Waals surface area contributed by atoms with Crippen molar-refractivity contribution in [2.24, 2.45) is 0 Å². The average Bonchev–Trinajstić information content (AvgIpc) is 3.31. The van der Waals surface area contributed by atoms with Crippen LogP contribution in [0.15, 0.2) is 59.8 Å². The van der Waals surface area contributed by atoms with Crippen LogP contribution in [-0.4, -0.2) is 45.3 Å². The predicted octanol–water partition coefficient (Wildman–Crippen LogP) is 5.73. The van der Waals surface area contributed by atoms with Gasteiger partial charge in [0.2, 0.25) is 5.91 Å². The molecule has 2 aromatic carbocycles. The number of anilines is 1. The van der Waals surface area contributed by atoms with Crippen molar-refractivity contribution in [3.8, 4) is 0 Å². The lowest BCUT2D eigenvalue weighted by Crippen LogP contribution is -2.39. The summed E-state index contributed by atoms with van der Waals surface area (Å²) in [6.07, 6.45) is 0.287. The van der Waals surface area contributed by atoms with Gasteiger partial charge in [-0.1, -0.05) is 18.2 Å². The van der Waals surface area contributed by atoms with E-state index in [0.29, 0.717) is 37.4 Å². The minimum Gasteiger partial charge on any atom is -0.338 e. The number of halogens is 3. The van der Waals surface area contributed by atoms with Gasteiger partial charge in [-0.15, -0.1) is 11.8 Å². The van der Waals surface area contributed by atoms with E-state index >= 15 is 0 Å². The van der Waals surface area contributed by atoms with Gasteiger partial charge in [0, 0.05) is 29.7 Å². The van der Waals surface area contributed by atoms with E-state index in [2.05, 4.69) is 10.4 Å².